The summed E-state index contributed by atoms with van der Waals surface area (Å²) in [6, 6.07) is 9.02. The molecule has 1 N–H and O–H groups in total. The maximum atomic E-state index is 12.3. The van der Waals surface area contributed by atoms with E-state index in [1.165, 1.54) is 0 Å². The Hall–Kier alpha value is -1.85. The van der Waals surface area contributed by atoms with Gasteiger partial charge < -0.3 is 14.7 Å². The van der Waals surface area contributed by atoms with Gasteiger partial charge in [-0.1, -0.05) is 28.9 Å². The smallest absolute Gasteiger partial charge is 0.273 e. The third-order valence-electron chi connectivity index (χ3n) is 3.30. The van der Waals surface area contributed by atoms with Crippen LogP contribution >= 0.6 is 11.6 Å². The molecule has 0 radical (unpaired) electrons. The molecule has 118 valence electrons. The Labute approximate surface area is 135 Å². The number of amides is 1. The fourth-order valence-electron chi connectivity index (χ4n) is 2.11. The molecule has 1 atom stereocenters. The molecule has 0 aliphatic rings. The van der Waals surface area contributed by atoms with E-state index in [2.05, 4.69) is 15.4 Å². The molecule has 1 unspecified atom stereocenters. The third kappa shape index (κ3) is 4.58. The highest BCUT2D eigenvalue weighted by Crippen LogP contribution is 2.20. The summed E-state index contributed by atoms with van der Waals surface area (Å²) in [5.74, 6) is 0.372. The minimum Gasteiger partial charge on any atom is -0.361 e. The van der Waals surface area contributed by atoms with Crippen molar-refractivity contribution in [1.29, 1.82) is 0 Å². The molecule has 1 heterocycles. The average molecular weight is 322 g/mol. The number of aryl methyl sites for hydroxylation is 1. The van der Waals surface area contributed by atoms with Crippen LogP contribution in [-0.2, 0) is 0 Å². The Bertz CT molecular complexity index is 623. The van der Waals surface area contributed by atoms with Gasteiger partial charge in [-0.05, 0) is 51.7 Å². The van der Waals surface area contributed by atoms with Crippen LogP contribution in [0.4, 0.5) is 0 Å². The van der Waals surface area contributed by atoms with Crippen LogP contribution in [0.2, 0.25) is 5.02 Å². The lowest BCUT2D eigenvalue weighted by atomic mass is 10.0. The highest BCUT2D eigenvalue weighted by atomic mass is 35.5. The molecule has 0 saturated carbocycles. The molecule has 0 spiro atoms. The molecule has 1 aromatic carbocycles. The first-order valence-electron chi connectivity index (χ1n) is 7.10. The fraction of sp³-hybridized carbons (Fsp3) is 0.375. The van der Waals surface area contributed by atoms with E-state index in [1.54, 1.807) is 13.0 Å². The van der Waals surface area contributed by atoms with Gasteiger partial charge in [0, 0.05) is 11.1 Å². The molecule has 0 fully saturated rings. The molecule has 2 rings (SSSR count). The average Bonchev–Trinajstić information content (AvgIpc) is 2.91. The quantitative estimate of drug-likeness (QED) is 0.888. The molecule has 0 aliphatic heterocycles. The van der Waals surface area contributed by atoms with Crippen molar-refractivity contribution in [2.24, 2.45) is 0 Å². The van der Waals surface area contributed by atoms with E-state index in [1.807, 2.05) is 38.4 Å². The molecule has 0 aliphatic carbocycles. The van der Waals surface area contributed by atoms with Crippen LogP contribution in [0.5, 0.6) is 0 Å². The number of hydrogen-bond acceptors (Lipinski definition) is 4. The van der Waals surface area contributed by atoms with E-state index in [0.29, 0.717) is 16.5 Å². The van der Waals surface area contributed by atoms with Gasteiger partial charge >= 0.3 is 0 Å². The second kappa shape index (κ2) is 7.42. The maximum absolute atomic E-state index is 12.3. The van der Waals surface area contributed by atoms with E-state index in [9.17, 15) is 4.79 Å². The Morgan fingerprint density at radius 3 is 2.59 bits per heavy atom. The molecular weight excluding hydrogens is 302 g/mol. The maximum Gasteiger partial charge on any atom is 0.273 e. The van der Waals surface area contributed by atoms with Gasteiger partial charge in [-0.25, -0.2) is 0 Å². The van der Waals surface area contributed by atoms with Crippen molar-refractivity contribution in [3.63, 3.8) is 0 Å². The lowest BCUT2D eigenvalue weighted by molar-refractivity contribution is 0.0923. The Kier molecular flexibility index (Phi) is 5.57. The predicted molar refractivity (Wildman–Crippen MR) is 86.1 cm³/mol. The molecule has 1 aromatic heterocycles. The Morgan fingerprint density at radius 2 is 2.05 bits per heavy atom. The topological polar surface area (TPSA) is 58.4 Å². The largest absolute Gasteiger partial charge is 0.361 e. The van der Waals surface area contributed by atoms with Crippen molar-refractivity contribution in [2.75, 3.05) is 20.6 Å². The van der Waals surface area contributed by atoms with Crippen LogP contribution in [0.25, 0.3) is 0 Å². The van der Waals surface area contributed by atoms with E-state index in [-0.39, 0.29) is 11.9 Å². The lowest BCUT2D eigenvalue weighted by Crippen LogP contribution is -2.31. The number of carbonyl (C=O) groups is 1. The SMILES string of the molecule is Cc1cc(C(=O)NC(CCN(C)C)c2ccc(Cl)cc2)no1. The van der Waals surface area contributed by atoms with Crippen LogP contribution in [-0.4, -0.2) is 36.6 Å². The summed E-state index contributed by atoms with van der Waals surface area (Å²) < 4.78 is 4.95. The van der Waals surface area contributed by atoms with E-state index in [4.69, 9.17) is 16.1 Å². The summed E-state index contributed by atoms with van der Waals surface area (Å²) >= 11 is 5.93. The molecule has 0 bridgehead atoms. The minimum atomic E-state index is -0.240. The highest BCUT2D eigenvalue weighted by molar-refractivity contribution is 6.30. The predicted octanol–water partition coefficient (Wildman–Crippen LogP) is 3.06. The van der Waals surface area contributed by atoms with Crippen LogP contribution < -0.4 is 5.32 Å². The molecule has 0 saturated heterocycles. The summed E-state index contributed by atoms with van der Waals surface area (Å²) in [5, 5.41) is 7.43. The number of nitrogens with one attached hydrogen (secondary N) is 1. The van der Waals surface area contributed by atoms with Crippen molar-refractivity contribution in [3.8, 4) is 0 Å². The van der Waals surface area contributed by atoms with Gasteiger partial charge in [-0.15, -0.1) is 0 Å². The number of rotatable bonds is 6. The molecule has 2 aromatic rings. The van der Waals surface area contributed by atoms with Crippen LogP contribution in [0.15, 0.2) is 34.9 Å². The summed E-state index contributed by atoms with van der Waals surface area (Å²) in [4.78, 5) is 14.4. The first kappa shape index (κ1) is 16.5. The van der Waals surface area contributed by atoms with Gasteiger partial charge in [0.2, 0.25) is 0 Å². The van der Waals surface area contributed by atoms with Gasteiger partial charge in [0.15, 0.2) is 5.69 Å². The zero-order valence-electron chi connectivity index (χ0n) is 13.0. The van der Waals surface area contributed by atoms with Gasteiger partial charge in [-0.3, -0.25) is 4.79 Å². The monoisotopic (exact) mass is 321 g/mol. The Balaban J connectivity index is 2.13. The summed E-state index contributed by atoms with van der Waals surface area (Å²) in [6.45, 7) is 2.61. The summed E-state index contributed by atoms with van der Waals surface area (Å²) in [5.41, 5.74) is 1.31. The molecule has 22 heavy (non-hydrogen) atoms. The zero-order chi connectivity index (χ0) is 16.1. The number of carbonyl (C=O) groups excluding carboxylic acids is 1. The standard InChI is InChI=1S/C16H20ClN3O2/c1-11-10-15(19-22-11)16(21)18-14(8-9-20(2)3)12-4-6-13(17)7-5-12/h4-7,10,14H,8-9H2,1-3H3,(H,18,21). The van der Waals surface area contributed by atoms with Crippen LogP contribution in [0.1, 0.15) is 34.3 Å². The summed E-state index contributed by atoms with van der Waals surface area (Å²) in [7, 11) is 4.00. The fourth-order valence-corrected chi connectivity index (χ4v) is 2.24. The Morgan fingerprint density at radius 1 is 1.36 bits per heavy atom. The second-order valence-electron chi connectivity index (χ2n) is 5.49. The highest BCUT2D eigenvalue weighted by Gasteiger charge is 2.18. The van der Waals surface area contributed by atoms with E-state index < -0.39 is 0 Å². The lowest BCUT2D eigenvalue weighted by Gasteiger charge is -2.21. The number of aromatic nitrogens is 1. The van der Waals surface area contributed by atoms with E-state index >= 15 is 0 Å². The number of benzene rings is 1. The van der Waals surface area contributed by atoms with Crippen molar-refractivity contribution < 1.29 is 9.32 Å². The minimum absolute atomic E-state index is 0.107. The molecule has 5 nitrogen and oxygen atoms in total. The number of halogens is 1. The zero-order valence-corrected chi connectivity index (χ0v) is 13.7. The van der Waals surface area contributed by atoms with Gasteiger partial charge in [0.1, 0.15) is 5.76 Å². The first-order valence-corrected chi connectivity index (χ1v) is 7.48. The van der Waals surface area contributed by atoms with Crippen LogP contribution in [0.3, 0.4) is 0 Å². The van der Waals surface area contributed by atoms with Gasteiger partial charge in [-0.2, -0.15) is 0 Å². The van der Waals surface area contributed by atoms with Crippen molar-refractivity contribution in [3.05, 3.63) is 52.4 Å². The number of nitrogens with zero attached hydrogens (tertiary/aromatic N) is 2. The van der Waals surface area contributed by atoms with E-state index in [0.717, 1.165) is 18.5 Å². The van der Waals surface area contributed by atoms with Crippen LogP contribution in [0, 0.1) is 6.92 Å². The van der Waals surface area contributed by atoms with Gasteiger partial charge in [0.25, 0.3) is 5.91 Å². The third-order valence-corrected chi connectivity index (χ3v) is 3.56. The molecule has 6 heteroatoms. The molecular formula is C16H20ClN3O2. The molecule has 1 amide bonds. The first-order chi connectivity index (χ1) is 10.5. The van der Waals surface area contributed by atoms with Crippen molar-refractivity contribution >= 4 is 17.5 Å². The number of hydrogen-bond donors (Lipinski definition) is 1. The van der Waals surface area contributed by atoms with Gasteiger partial charge in [0.05, 0.1) is 6.04 Å². The summed E-state index contributed by atoms with van der Waals surface area (Å²) in [6.07, 6.45) is 0.789. The normalized spacial score (nSPS) is 12.4. The van der Waals surface area contributed by atoms with Crippen molar-refractivity contribution in [2.45, 2.75) is 19.4 Å². The second-order valence-corrected chi connectivity index (χ2v) is 5.93. The van der Waals surface area contributed by atoms with Crippen molar-refractivity contribution in [1.82, 2.24) is 15.4 Å².